The van der Waals surface area contributed by atoms with Crippen LogP contribution in [0.4, 0.5) is 5.69 Å². The highest BCUT2D eigenvalue weighted by Gasteiger charge is 2.17. The summed E-state index contributed by atoms with van der Waals surface area (Å²) < 4.78 is 5.72. The molecule has 1 unspecified atom stereocenters. The monoisotopic (exact) mass is 255 g/mol. The van der Waals surface area contributed by atoms with Crippen LogP contribution in [0.2, 0.25) is 0 Å². The number of para-hydroxylation sites is 1. The van der Waals surface area contributed by atoms with E-state index in [1.165, 1.54) is 11.3 Å². The van der Waals surface area contributed by atoms with Gasteiger partial charge in [-0.15, -0.1) is 0 Å². The number of ether oxygens (including phenoxy) is 1. The molecule has 1 aliphatic heterocycles. The van der Waals surface area contributed by atoms with Gasteiger partial charge in [0, 0.05) is 11.8 Å². The first kappa shape index (κ1) is 11.9. The van der Waals surface area contributed by atoms with Crippen LogP contribution in [0.15, 0.2) is 48.5 Å². The Hall–Kier alpha value is -2.16. The maximum atomic E-state index is 9.38. The van der Waals surface area contributed by atoms with Gasteiger partial charge in [0.1, 0.15) is 18.1 Å². The van der Waals surface area contributed by atoms with E-state index in [0.29, 0.717) is 18.4 Å². The molecule has 3 heteroatoms. The highest BCUT2D eigenvalue weighted by molar-refractivity contribution is 5.53. The average molecular weight is 255 g/mol. The lowest BCUT2D eigenvalue weighted by molar-refractivity contribution is 0.288. The molecule has 98 valence electrons. The Bertz CT molecular complexity index is 568. The summed E-state index contributed by atoms with van der Waals surface area (Å²) in [5.74, 6) is 0.945. The van der Waals surface area contributed by atoms with Gasteiger partial charge in [-0.1, -0.05) is 24.3 Å². The van der Waals surface area contributed by atoms with Gasteiger partial charge in [0.05, 0.1) is 6.04 Å². The number of hydrogen-bond donors (Lipinski definition) is 2. The van der Waals surface area contributed by atoms with Gasteiger partial charge >= 0.3 is 0 Å². The van der Waals surface area contributed by atoms with Crippen molar-refractivity contribution in [3.63, 3.8) is 0 Å². The van der Waals surface area contributed by atoms with E-state index in [0.717, 1.165) is 12.8 Å². The Morgan fingerprint density at radius 1 is 1.16 bits per heavy atom. The van der Waals surface area contributed by atoms with E-state index in [1.807, 2.05) is 12.1 Å². The summed E-state index contributed by atoms with van der Waals surface area (Å²) in [5, 5.41) is 12.9. The van der Waals surface area contributed by atoms with E-state index in [4.69, 9.17) is 4.74 Å². The third-order valence-corrected chi connectivity index (χ3v) is 3.41. The van der Waals surface area contributed by atoms with E-state index < -0.39 is 0 Å². The number of rotatable bonds is 3. The molecule has 2 N–H and O–H groups in total. The molecule has 0 aliphatic carbocycles. The Morgan fingerprint density at radius 2 is 2.05 bits per heavy atom. The van der Waals surface area contributed by atoms with E-state index in [9.17, 15) is 5.11 Å². The minimum absolute atomic E-state index is 0.236. The number of phenols is 1. The molecule has 0 amide bonds. The summed E-state index contributed by atoms with van der Waals surface area (Å²) in [4.78, 5) is 0. The largest absolute Gasteiger partial charge is 0.508 e. The van der Waals surface area contributed by atoms with Gasteiger partial charge in [-0.2, -0.15) is 0 Å². The van der Waals surface area contributed by atoms with Crippen molar-refractivity contribution in [2.45, 2.75) is 18.9 Å². The van der Waals surface area contributed by atoms with Crippen molar-refractivity contribution in [3.05, 3.63) is 54.1 Å². The first-order chi connectivity index (χ1) is 9.31. The molecule has 1 atom stereocenters. The molecule has 1 aliphatic rings. The quantitative estimate of drug-likeness (QED) is 0.885. The molecule has 0 bridgehead atoms. The van der Waals surface area contributed by atoms with Gasteiger partial charge < -0.3 is 15.2 Å². The summed E-state index contributed by atoms with van der Waals surface area (Å²) in [6.07, 6.45) is 2.15. The molecular weight excluding hydrogens is 238 g/mol. The van der Waals surface area contributed by atoms with Gasteiger partial charge in [0.2, 0.25) is 0 Å². The van der Waals surface area contributed by atoms with Crippen molar-refractivity contribution in [1.82, 2.24) is 0 Å². The minimum atomic E-state index is 0.236. The standard InChI is InChI=1S/C16H17NO2/c18-14-5-3-6-15(10-14)19-11-13-9-8-12-4-1-2-7-16(12)17-13/h1-7,10,13,17-18H,8-9,11H2. The second kappa shape index (κ2) is 5.22. The van der Waals surface area contributed by atoms with Crippen LogP contribution in [0.25, 0.3) is 0 Å². The summed E-state index contributed by atoms with van der Waals surface area (Å²) in [6, 6.07) is 15.6. The molecule has 0 saturated heterocycles. The normalized spacial score (nSPS) is 17.4. The molecule has 2 aromatic carbocycles. The van der Waals surface area contributed by atoms with Crippen LogP contribution < -0.4 is 10.1 Å². The molecule has 1 heterocycles. The molecule has 0 aromatic heterocycles. The van der Waals surface area contributed by atoms with Crippen molar-refractivity contribution in [2.75, 3.05) is 11.9 Å². The topological polar surface area (TPSA) is 41.5 Å². The molecular formula is C16H17NO2. The van der Waals surface area contributed by atoms with Gasteiger partial charge in [0.15, 0.2) is 0 Å². The van der Waals surface area contributed by atoms with E-state index in [1.54, 1.807) is 18.2 Å². The van der Waals surface area contributed by atoms with Crippen molar-refractivity contribution < 1.29 is 9.84 Å². The lowest BCUT2D eigenvalue weighted by atomic mass is 9.99. The first-order valence-corrected chi connectivity index (χ1v) is 6.57. The predicted molar refractivity (Wildman–Crippen MR) is 75.8 cm³/mol. The zero-order chi connectivity index (χ0) is 13.1. The number of anilines is 1. The number of aromatic hydroxyl groups is 1. The third kappa shape index (κ3) is 2.81. The smallest absolute Gasteiger partial charge is 0.123 e. The molecule has 0 saturated carbocycles. The predicted octanol–water partition coefficient (Wildman–Crippen LogP) is 3.20. The van der Waals surface area contributed by atoms with E-state index >= 15 is 0 Å². The van der Waals surface area contributed by atoms with Crippen LogP contribution in [-0.2, 0) is 6.42 Å². The number of benzene rings is 2. The second-order valence-electron chi connectivity index (χ2n) is 4.85. The highest BCUT2D eigenvalue weighted by atomic mass is 16.5. The lowest BCUT2D eigenvalue weighted by Gasteiger charge is -2.27. The van der Waals surface area contributed by atoms with Gasteiger partial charge in [0.25, 0.3) is 0 Å². The fourth-order valence-corrected chi connectivity index (χ4v) is 2.40. The summed E-state index contributed by atoms with van der Waals surface area (Å²) >= 11 is 0. The minimum Gasteiger partial charge on any atom is -0.508 e. The number of fused-ring (bicyclic) bond motifs is 1. The van der Waals surface area contributed by atoms with Crippen LogP contribution in [0.1, 0.15) is 12.0 Å². The Kier molecular flexibility index (Phi) is 3.27. The maximum Gasteiger partial charge on any atom is 0.123 e. The van der Waals surface area contributed by atoms with Gasteiger partial charge in [-0.05, 0) is 36.6 Å². The highest BCUT2D eigenvalue weighted by Crippen LogP contribution is 2.25. The average Bonchev–Trinajstić information content (AvgIpc) is 2.45. The lowest BCUT2D eigenvalue weighted by Crippen LogP contribution is -2.31. The van der Waals surface area contributed by atoms with Crippen LogP contribution in [0.5, 0.6) is 11.5 Å². The number of aryl methyl sites for hydroxylation is 1. The van der Waals surface area contributed by atoms with Crippen LogP contribution in [0, 0.1) is 0 Å². The molecule has 3 nitrogen and oxygen atoms in total. The SMILES string of the molecule is Oc1cccc(OCC2CCc3ccccc3N2)c1. The van der Waals surface area contributed by atoms with Crippen LogP contribution in [0.3, 0.4) is 0 Å². The van der Waals surface area contributed by atoms with Crippen molar-refractivity contribution in [2.24, 2.45) is 0 Å². The molecule has 0 fully saturated rings. The van der Waals surface area contributed by atoms with Crippen LogP contribution in [-0.4, -0.2) is 17.8 Å². The summed E-state index contributed by atoms with van der Waals surface area (Å²) in [5.41, 5.74) is 2.58. The number of nitrogens with one attached hydrogen (secondary N) is 1. The zero-order valence-electron chi connectivity index (χ0n) is 10.7. The number of hydrogen-bond acceptors (Lipinski definition) is 3. The molecule has 2 aromatic rings. The Labute approximate surface area is 112 Å². The van der Waals surface area contributed by atoms with Crippen molar-refractivity contribution in [1.29, 1.82) is 0 Å². The van der Waals surface area contributed by atoms with Crippen molar-refractivity contribution in [3.8, 4) is 11.5 Å². The van der Waals surface area contributed by atoms with E-state index in [-0.39, 0.29) is 5.75 Å². The van der Waals surface area contributed by atoms with Crippen molar-refractivity contribution >= 4 is 5.69 Å². The van der Waals surface area contributed by atoms with Crippen LogP contribution >= 0.6 is 0 Å². The van der Waals surface area contributed by atoms with E-state index in [2.05, 4.69) is 23.5 Å². The second-order valence-corrected chi connectivity index (χ2v) is 4.85. The molecule has 3 rings (SSSR count). The fraction of sp³-hybridized carbons (Fsp3) is 0.250. The van der Waals surface area contributed by atoms with Gasteiger partial charge in [-0.3, -0.25) is 0 Å². The number of phenolic OH excluding ortho intramolecular Hbond substituents is 1. The molecule has 19 heavy (non-hydrogen) atoms. The fourth-order valence-electron chi connectivity index (χ4n) is 2.40. The zero-order valence-corrected chi connectivity index (χ0v) is 10.7. The van der Waals surface area contributed by atoms with Gasteiger partial charge in [-0.25, -0.2) is 0 Å². The first-order valence-electron chi connectivity index (χ1n) is 6.57. The maximum absolute atomic E-state index is 9.38. The summed E-state index contributed by atoms with van der Waals surface area (Å²) in [7, 11) is 0. The molecule has 0 radical (unpaired) electrons. The molecule has 0 spiro atoms. The Morgan fingerprint density at radius 3 is 2.95 bits per heavy atom. The summed E-state index contributed by atoms with van der Waals surface area (Å²) in [6.45, 7) is 0.609. The Balaban J connectivity index is 1.61. The third-order valence-electron chi connectivity index (χ3n) is 3.41.